The van der Waals surface area contributed by atoms with Crippen LogP contribution < -0.4 is 0 Å². The Balaban J connectivity index is 1.62. The molecule has 0 amide bonds. The van der Waals surface area contributed by atoms with Crippen LogP contribution in [0.3, 0.4) is 0 Å². The zero-order valence-corrected chi connectivity index (χ0v) is 14.0. The summed E-state index contributed by atoms with van der Waals surface area (Å²) in [5.41, 5.74) is 1.46. The van der Waals surface area contributed by atoms with Crippen molar-refractivity contribution in [2.45, 2.75) is 85.0 Å². The molecule has 0 unspecified atom stereocenters. The molecule has 4 saturated carbocycles. The van der Waals surface area contributed by atoms with Crippen LogP contribution in [0.2, 0.25) is 0 Å². The number of fused-ring (bicyclic) bond motifs is 5. The summed E-state index contributed by atoms with van der Waals surface area (Å²) in [4.78, 5) is 0. The molecule has 0 saturated heterocycles. The van der Waals surface area contributed by atoms with Crippen LogP contribution in [0, 0.1) is 40.4 Å². The van der Waals surface area contributed by atoms with Gasteiger partial charge in [-0.3, -0.25) is 0 Å². The fourth-order valence-corrected chi connectivity index (χ4v) is 7.47. The van der Waals surface area contributed by atoms with Gasteiger partial charge in [0, 0.05) is 0 Å². The topological polar surface area (TPSA) is 0 Å². The minimum atomic E-state index is 0.722. The van der Waals surface area contributed by atoms with E-state index in [4.69, 9.17) is 0 Å². The third kappa shape index (κ3) is 1.78. The summed E-state index contributed by atoms with van der Waals surface area (Å²) in [7, 11) is 0. The standard InChI is InChI=1S/C20H34/c1-14-8-12-20(3)15(13-14)6-7-16-17-5-4-10-19(17,2)11-9-18(16)20/h14-18H,4-13H2,1-3H3/t14-,15+,16+,17+,18+,19+,20+/m1/s1. The molecule has 4 rings (SSSR count). The molecular formula is C20H34. The first-order valence-corrected chi connectivity index (χ1v) is 9.53. The van der Waals surface area contributed by atoms with Crippen molar-refractivity contribution in [1.29, 1.82) is 0 Å². The fourth-order valence-electron chi connectivity index (χ4n) is 7.47. The Bertz CT molecular complexity index is 385. The lowest BCUT2D eigenvalue weighted by atomic mass is 9.45. The summed E-state index contributed by atoms with van der Waals surface area (Å²) in [6.45, 7) is 7.84. The Hall–Kier alpha value is 0. The Labute approximate surface area is 126 Å². The van der Waals surface area contributed by atoms with Crippen molar-refractivity contribution in [1.82, 2.24) is 0 Å². The number of hydrogen-bond donors (Lipinski definition) is 0. The Morgan fingerprint density at radius 3 is 2.50 bits per heavy atom. The molecule has 7 atom stereocenters. The lowest BCUT2D eigenvalue weighted by molar-refractivity contribution is -0.110. The van der Waals surface area contributed by atoms with Gasteiger partial charge in [-0.25, -0.2) is 0 Å². The van der Waals surface area contributed by atoms with Crippen molar-refractivity contribution in [3.8, 4) is 0 Å². The van der Waals surface area contributed by atoms with E-state index in [9.17, 15) is 0 Å². The second-order valence-corrected chi connectivity index (χ2v) is 9.62. The van der Waals surface area contributed by atoms with Crippen molar-refractivity contribution in [3.05, 3.63) is 0 Å². The molecule has 0 aliphatic heterocycles. The van der Waals surface area contributed by atoms with E-state index in [0.29, 0.717) is 0 Å². The lowest BCUT2D eigenvalue weighted by Gasteiger charge is -2.60. The van der Waals surface area contributed by atoms with E-state index in [2.05, 4.69) is 20.8 Å². The molecule has 0 spiro atoms. The SMILES string of the molecule is C[C@@H]1CC[C@@]2(C)[C@@H](CC[C@H]3[C@@H]4CCC[C@@]4(C)CC[C@@H]32)C1. The molecule has 0 aromatic rings. The lowest BCUT2D eigenvalue weighted by Crippen LogP contribution is -2.52. The highest BCUT2D eigenvalue weighted by Gasteiger charge is 2.57. The van der Waals surface area contributed by atoms with Gasteiger partial charge in [0.2, 0.25) is 0 Å². The highest BCUT2D eigenvalue weighted by atomic mass is 14.6. The van der Waals surface area contributed by atoms with Crippen LogP contribution >= 0.6 is 0 Å². The average molecular weight is 274 g/mol. The zero-order valence-electron chi connectivity index (χ0n) is 14.0. The van der Waals surface area contributed by atoms with E-state index < -0.39 is 0 Å². The van der Waals surface area contributed by atoms with Gasteiger partial charge in [0.1, 0.15) is 0 Å². The normalized spacial score (nSPS) is 58.6. The third-order valence-corrected chi connectivity index (χ3v) is 8.71. The van der Waals surface area contributed by atoms with Crippen molar-refractivity contribution in [2.24, 2.45) is 40.4 Å². The monoisotopic (exact) mass is 274 g/mol. The maximum atomic E-state index is 2.71. The fraction of sp³-hybridized carbons (Fsp3) is 1.00. The van der Waals surface area contributed by atoms with Gasteiger partial charge in [0.05, 0.1) is 0 Å². The van der Waals surface area contributed by atoms with Gasteiger partial charge >= 0.3 is 0 Å². The molecule has 4 aliphatic rings. The van der Waals surface area contributed by atoms with Crippen molar-refractivity contribution < 1.29 is 0 Å². The van der Waals surface area contributed by atoms with Crippen LogP contribution in [0.15, 0.2) is 0 Å². The van der Waals surface area contributed by atoms with Crippen LogP contribution in [0.1, 0.15) is 85.0 Å². The van der Waals surface area contributed by atoms with Gasteiger partial charge in [-0.2, -0.15) is 0 Å². The first-order valence-electron chi connectivity index (χ1n) is 9.53. The molecule has 0 heteroatoms. The van der Waals surface area contributed by atoms with Gasteiger partial charge in [-0.05, 0) is 91.8 Å². The summed E-state index contributed by atoms with van der Waals surface area (Å²) >= 11 is 0. The molecule has 4 fully saturated rings. The largest absolute Gasteiger partial charge is 0.0625 e. The van der Waals surface area contributed by atoms with E-state index >= 15 is 0 Å². The van der Waals surface area contributed by atoms with Crippen LogP contribution in [0.5, 0.6) is 0 Å². The predicted molar refractivity (Wildman–Crippen MR) is 85.5 cm³/mol. The first kappa shape index (κ1) is 13.6. The molecule has 0 bridgehead atoms. The summed E-state index contributed by atoms with van der Waals surface area (Å²) in [6.07, 6.45) is 15.5. The summed E-state index contributed by atoms with van der Waals surface area (Å²) in [5, 5.41) is 0. The minimum absolute atomic E-state index is 0.722. The van der Waals surface area contributed by atoms with Crippen LogP contribution in [0.4, 0.5) is 0 Å². The average Bonchev–Trinajstić information content (AvgIpc) is 2.81. The Kier molecular flexibility index (Phi) is 3.07. The molecule has 4 aliphatic carbocycles. The van der Waals surface area contributed by atoms with Gasteiger partial charge in [0.15, 0.2) is 0 Å². The maximum absolute atomic E-state index is 2.71. The molecule has 0 heterocycles. The van der Waals surface area contributed by atoms with E-state index in [0.717, 1.165) is 40.4 Å². The Morgan fingerprint density at radius 1 is 0.800 bits per heavy atom. The molecule has 0 aromatic carbocycles. The second-order valence-electron chi connectivity index (χ2n) is 9.62. The maximum Gasteiger partial charge on any atom is -0.0266 e. The molecule has 20 heavy (non-hydrogen) atoms. The molecule has 0 nitrogen and oxygen atoms in total. The number of rotatable bonds is 0. The smallest absolute Gasteiger partial charge is 0.0266 e. The second kappa shape index (κ2) is 4.50. The van der Waals surface area contributed by atoms with Gasteiger partial charge in [-0.15, -0.1) is 0 Å². The minimum Gasteiger partial charge on any atom is -0.0625 e. The number of hydrogen-bond acceptors (Lipinski definition) is 0. The zero-order chi connectivity index (χ0) is 14.0. The van der Waals surface area contributed by atoms with Crippen molar-refractivity contribution >= 4 is 0 Å². The summed E-state index contributed by atoms with van der Waals surface area (Å²) in [6, 6.07) is 0. The van der Waals surface area contributed by atoms with E-state index in [-0.39, 0.29) is 0 Å². The molecule has 114 valence electrons. The van der Waals surface area contributed by atoms with Crippen molar-refractivity contribution in [2.75, 3.05) is 0 Å². The quantitative estimate of drug-likeness (QED) is 0.504. The molecule has 0 aromatic heterocycles. The molecule has 0 N–H and O–H groups in total. The summed E-state index contributed by atoms with van der Waals surface area (Å²) in [5.74, 6) is 5.36. The first-order chi connectivity index (χ1) is 9.53. The van der Waals surface area contributed by atoms with Gasteiger partial charge < -0.3 is 0 Å². The Morgan fingerprint density at radius 2 is 1.65 bits per heavy atom. The van der Waals surface area contributed by atoms with Crippen LogP contribution in [0.25, 0.3) is 0 Å². The highest BCUT2D eigenvalue weighted by molar-refractivity contribution is 5.07. The van der Waals surface area contributed by atoms with E-state index in [1.165, 1.54) is 19.3 Å². The third-order valence-electron chi connectivity index (χ3n) is 8.71. The van der Waals surface area contributed by atoms with Crippen LogP contribution in [-0.2, 0) is 0 Å². The highest BCUT2D eigenvalue weighted by Crippen LogP contribution is 2.66. The van der Waals surface area contributed by atoms with Crippen LogP contribution in [-0.4, -0.2) is 0 Å². The van der Waals surface area contributed by atoms with E-state index in [1.54, 1.807) is 44.9 Å². The van der Waals surface area contributed by atoms with Crippen molar-refractivity contribution in [3.63, 3.8) is 0 Å². The molecular weight excluding hydrogens is 240 g/mol. The van der Waals surface area contributed by atoms with E-state index in [1.807, 2.05) is 0 Å². The summed E-state index contributed by atoms with van der Waals surface area (Å²) < 4.78 is 0. The van der Waals surface area contributed by atoms with Gasteiger partial charge in [0.25, 0.3) is 0 Å². The molecule has 0 radical (unpaired) electrons. The predicted octanol–water partition coefficient (Wildman–Crippen LogP) is 6.06. The van der Waals surface area contributed by atoms with Gasteiger partial charge in [-0.1, -0.05) is 33.6 Å².